The molecule has 1 saturated heterocycles. The van der Waals surface area contributed by atoms with Crippen LogP contribution in [-0.4, -0.2) is 41.5 Å². The Balaban J connectivity index is 1.97. The van der Waals surface area contributed by atoms with Crippen molar-refractivity contribution in [1.29, 1.82) is 0 Å². The van der Waals surface area contributed by atoms with Crippen LogP contribution in [0.1, 0.15) is 24.0 Å². The van der Waals surface area contributed by atoms with Crippen molar-refractivity contribution in [2.75, 3.05) is 25.0 Å². The molecule has 1 unspecified atom stereocenters. The van der Waals surface area contributed by atoms with E-state index in [2.05, 4.69) is 5.32 Å². The first kappa shape index (κ1) is 16.8. The predicted molar refractivity (Wildman–Crippen MR) is 86.4 cm³/mol. The predicted octanol–water partition coefficient (Wildman–Crippen LogP) is 2.69. The molecule has 22 heavy (non-hydrogen) atoms. The number of likely N-dealkylation sites (tertiary alicyclic amines) is 1. The lowest BCUT2D eigenvalue weighted by molar-refractivity contribution is -0.144. The normalized spacial score (nSPS) is 19.0. The van der Waals surface area contributed by atoms with Crippen molar-refractivity contribution in [1.82, 2.24) is 4.90 Å². The van der Waals surface area contributed by atoms with Gasteiger partial charge in [0.05, 0.1) is 23.2 Å². The Morgan fingerprint density at radius 1 is 1.41 bits per heavy atom. The molecular formula is C16H21ClN2O3. The van der Waals surface area contributed by atoms with Crippen LogP contribution in [-0.2, 0) is 9.59 Å². The number of nitrogens with zero attached hydrogens (tertiary/aromatic N) is 1. The van der Waals surface area contributed by atoms with E-state index in [1.165, 1.54) is 0 Å². The molecule has 1 fully saturated rings. The van der Waals surface area contributed by atoms with Gasteiger partial charge in [0.1, 0.15) is 0 Å². The van der Waals surface area contributed by atoms with Gasteiger partial charge in [-0.2, -0.15) is 0 Å². The van der Waals surface area contributed by atoms with Crippen molar-refractivity contribution >= 4 is 29.2 Å². The van der Waals surface area contributed by atoms with Crippen LogP contribution in [0.4, 0.5) is 5.69 Å². The van der Waals surface area contributed by atoms with Gasteiger partial charge in [-0.15, -0.1) is 0 Å². The lowest BCUT2D eigenvalue weighted by Gasteiger charge is -2.30. The lowest BCUT2D eigenvalue weighted by Crippen LogP contribution is -2.42. The first-order chi connectivity index (χ1) is 10.4. The van der Waals surface area contributed by atoms with E-state index in [-0.39, 0.29) is 18.4 Å². The highest BCUT2D eigenvalue weighted by atomic mass is 35.5. The Kier molecular flexibility index (Phi) is 5.42. The minimum Gasteiger partial charge on any atom is -0.481 e. The number of carboxylic acids is 1. The first-order valence-electron chi connectivity index (χ1n) is 7.38. The monoisotopic (exact) mass is 324 g/mol. The van der Waals surface area contributed by atoms with E-state index in [1.807, 2.05) is 30.9 Å². The molecular weight excluding hydrogens is 304 g/mol. The molecule has 1 heterocycles. The van der Waals surface area contributed by atoms with Crippen molar-refractivity contribution in [3.8, 4) is 0 Å². The number of nitrogens with one attached hydrogen (secondary N) is 1. The number of piperidine rings is 1. The van der Waals surface area contributed by atoms with Gasteiger partial charge in [-0.25, -0.2) is 0 Å². The molecule has 2 rings (SSSR count). The van der Waals surface area contributed by atoms with Gasteiger partial charge in [0.2, 0.25) is 5.91 Å². The molecule has 120 valence electrons. The van der Waals surface area contributed by atoms with Gasteiger partial charge in [0.15, 0.2) is 0 Å². The number of carbonyl (C=O) groups excluding carboxylic acids is 1. The average molecular weight is 325 g/mol. The second kappa shape index (κ2) is 7.11. The van der Waals surface area contributed by atoms with E-state index in [4.69, 9.17) is 16.7 Å². The van der Waals surface area contributed by atoms with Crippen molar-refractivity contribution < 1.29 is 14.7 Å². The van der Waals surface area contributed by atoms with E-state index in [9.17, 15) is 9.59 Å². The molecule has 1 amide bonds. The van der Waals surface area contributed by atoms with Gasteiger partial charge in [-0.1, -0.05) is 17.7 Å². The van der Waals surface area contributed by atoms with Crippen LogP contribution in [0.3, 0.4) is 0 Å². The van der Waals surface area contributed by atoms with Crippen LogP contribution in [0.15, 0.2) is 12.1 Å². The SMILES string of the molecule is Cc1cc(C)c(NC(=O)CN2CCCC(C(=O)O)C2)c(Cl)c1. The molecule has 0 radical (unpaired) electrons. The Morgan fingerprint density at radius 3 is 2.77 bits per heavy atom. The number of carbonyl (C=O) groups is 2. The van der Waals surface area contributed by atoms with E-state index >= 15 is 0 Å². The van der Waals surface area contributed by atoms with Crippen LogP contribution >= 0.6 is 11.6 Å². The summed E-state index contributed by atoms with van der Waals surface area (Å²) in [5.74, 6) is -1.34. The molecule has 1 aromatic carbocycles. The summed E-state index contributed by atoms with van der Waals surface area (Å²) in [4.78, 5) is 25.1. The summed E-state index contributed by atoms with van der Waals surface area (Å²) in [6, 6.07) is 3.77. The maximum atomic E-state index is 12.2. The number of aryl methyl sites for hydroxylation is 2. The zero-order chi connectivity index (χ0) is 16.3. The van der Waals surface area contributed by atoms with Crippen LogP contribution in [0.5, 0.6) is 0 Å². The summed E-state index contributed by atoms with van der Waals surface area (Å²) in [5, 5.41) is 12.4. The molecule has 6 heteroatoms. The highest BCUT2D eigenvalue weighted by Gasteiger charge is 2.26. The Bertz CT molecular complexity index is 566. The molecule has 0 aromatic heterocycles. The van der Waals surface area contributed by atoms with Crippen molar-refractivity contribution in [3.63, 3.8) is 0 Å². The summed E-state index contributed by atoms with van der Waals surface area (Å²) < 4.78 is 0. The van der Waals surface area contributed by atoms with Crippen LogP contribution in [0, 0.1) is 19.8 Å². The van der Waals surface area contributed by atoms with E-state index in [0.29, 0.717) is 23.7 Å². The highest BCUT2D eigenvalue weighted by Crippen LogP contribution is 2.27. The second-order valence-electron chi connectivity index (χ2n) is 5.90. The van der Waals surface area contributed by atoms with E-state index in [0.717, 1.165) is 24.1 Å². The summed E-state index contributed by atoms with van der Waals surface area (Å²) >= 11 is 6.18. The molecule has 0 saturated carbocycles. The zero-order valence-corrected chi connectivity index (χ0v) is 13.6. The molecule has 0 aliphatic carbocycles. The third kappa shape index (κ3) is 4.21. The number of hydrogen-bond acceptors (Lipinski definition) is 3. The molecule has 0 bridgehead atoms. The zero-order valence-electron chi connectivity index (χ0n) is 12.9. The topological polar surface area (TPSA) is 69.6 Å². The standard InChI is InChI=1S/C16H21ClN2O3/c1-10-6-11(2)15(13(17)7-10)18-14(20)9-19-5-3-4-12(8-19)16(21)22/h6-7,12H,3-5,8-9H2,1-2H3,(H,18,20)(H,21,22). The summed E-state index contributed by atoms with van der Waals surface area (Å²) in [7, 11) is 0. The highest BCUT2D eigenvalue weighted by molar-refractivity contribution is 6.34. The molecule has 1 aliphatic rings. The fourth-order valence-electron chi connectivity index (χ4n) is 2.86. The molecule has 1 aliphatic heterocycles. The lowest BCUT2D eigenvalue weighted by atomic mass is 9.98. The van der Waals surface area contributed by atoms with Crippen LogP contribution in [0.2, 0.25) is 5.02 Å². The number of hydrogen-bond donors (Lipinski definition) is 2. The molecule has 1 aromatic rings. The van der Waals surface area contributed by atoms with Crippen molar-refractivity contribution in [3.05, 3.63) is 28.3 Å². The molecule has 5 nitrogen and oxygen atoms in total. The van der Waals surface area contributed by atoms with Gasteiger partial charge in [-0.3, -0.25) is 14.5 Å². The Hall–Kier alpha value is -1.59. The average Bonchev–Trinajstić information content (AvgIpc) is 2.43. The number of anilines is 1. The van der Waals surface area contributed by atoms with Gasteiger partial charge < -0.3 is 10.4 Å². The number of benzene rings is 1. The van der Waals surface area contributed by atoms with Gasteiger partial charge in [0.25, 0.3) is 0 Å². The third-order valence-electron chi connectivity index (χ3n) is 3.92. The minimum absolute atomic E-state index is 0.167. The number of rotatable bonds is 4. The fraction of sp³-hybridized carbons (Fsp3) is 0.500. The molecule has 1 atom stereocenters. The summed E-state index contributed by atoms with van der Waals surface area (Å²) in [6.45, 7) is 5.20. The Labute approximate surface area is 135 Å². The fourth-order valence-corrected chi connectivity index (χ4v) is 3.23. The Morgan fingerprint density at radius 2 is 2.14 bits per heavy atom. The number of halogens is 1. The van der Waals surface area contributed by atoms with Crippen molar-refractivity contribution in [2.24, 2.45) is 5.92 Å². The smallest absolute Gasteiger partial charge is 0.307 e. The largest absolute Gasteiger partial charge is 0.481 e. The summed E-state index contributed by atoms with van der Waals surface area (Å²) in [6.07, 6.45) is 1.48. The second-order valence-corrected chi connectivity index (χ2v) is 6.31. The van der Waals surface area contributed by atoms with Gasteiger partial charge in [0, 0.05) is 6.54 Å². The van der Waals surface area contributed by atoms with Gasteiger partial charge in [-0.05, 0) is 50.4 Å². The first-order valence-corrected chi connectivity index (χ1v) is 7.76. The van der Waals surface area contributed by atoms with Crippen molar-refractivity contribution in [2.45, 2.75) is 26.7 Å². The maximum absolute atomic E-state index is 12.2. The van der Waals surface area contributed by atoms with E-state index in [1.54, 1.807) is 0 Å². The minimum atomic E-state index is -0.789. The molecule has 2 N–H and O–H groups in total. The number of carboxylic acid groups (broad SMARTS) is 1. The molecule has 0 spiro atoms. The number of amides is 1. The van der Waals surface area contributed by atoms with Crippen LogP contribution < -0.4 is 5.32 Å². The number of aliphatic carboxylic acids is 1. The van der Waals surface area contributed by atoms with Gasteiger partial charge >= 0.3 is 5.97 Å². The quantitative estimate of drug-likeness (QED) is 0.893. The van der Waals surface area contributed by atoms with Crippen LogP contribution in [0.25, 0.3) is 0 Å². The third-order valence-corrected chi connectivity index (χ3v) is 4.22. The summed E-state index contributed by atoms with van der Waals surface area (Å²) in [5.41, 5.74) is 2.59. The maximum Gasteiger partial charge on any atom is 0.307 e. The van der Waals surface area contributed by atoms with E-state index < -0.39 is 5.97 Å².